The Hall–Kier alpha value is -1.26. The van der Waals surface area contributed by atoms with Gasteiger partial charge in [0.1, 0.15) is 11.5 Å². The summed E-state index contributed by atoms with van der Waals surface area (Å²) in [4.78, 5) is 2.35. The van der Waals surface area contributed by atoms with Gasteiger partial charge in [0.15, 0.2) is 0 Å². The van der Waals surface area contributed by atoms with Crippen LogP contribution in [0.15, 0.2) is 18.2 Å². The molecule has 1 aliphatic heterocycles. The van der Waals surface area contributed by atoms with E-state index in [1.165, 1.54) is 18.9 Å². The summed E-state index contributed by atoms with van der Waals surface area (Å²) < 4.78 is 0. The molecule has 0 amide bonds. The number of aromatic hydroxyl groups is 2. The van der Waals surface area contributed by atoms with Crippen LogP contribution in [0.25, 0.3) is 0 Å². The SMILES string of the molecule is NCCC1CCN(Cc2ccc(O)cc2O)CC1. The Balaban J connectivity index is 1.87. The lowest BCUT2D eigenvalue weighted by Crippen LogP contribution is -2.33. The summed E-state index contributed by atoms with van der Waals surface area (Å²) in [6, 6.07) is 4.81. The van der Waals surface area contributed by atoms with Gasteiger partial charge < -0.3 is 15.9 Å². The van der Waals surface area contributed by atoms with Gasteiger partial charge in [-0.3, -0.25) is 4.90 Å². The molecule has 0 atom stereocenters. The number of phenols is 2. The van der Waals surface area contributed by atoms with Gasteiger partial charge in [0.05, 0.1) is 0 Å². The summed E-state index contributed by atoms with van der Waals surface area (Å²) in [6.07, 6.45) is 3.50. The van der Waals surface area contributed by atoms with E-state index >= 15 is 0 Å². The number of hydrogen-bond donors (Lipinski definition) is 3. The predicted octanol–water partition coefficient (Wildman–Crippen LogP) is 1.66. The molecular formula is C14H22N2O2. The summed E-state index contributed by atoms with van der Waals surface area (Å²) in [5.41, 5.74) is 6.46. The number of likely N-dealkylation sites (tertiary alicyclic amines) is 1. The van der Waals surface area contributed by atoms with E-state index < -0.39 is 0 Å². The van der Waals surface area contributed by atoms with Crippen molar-refractivity contribution in [2.24, 2.45) is 11.7 Å². The van der Waals surface area contributed by atoms with Gasteiger partial charge in [-0.25, -0.2) is 0 Å². The van der Waals surface area contributed by atoms with Crippen LogP contribution in [0.2, 0.25) is 0 Å². The maximum atomic E-state index is 9.76. The molecule has 1 aromatic carbocycles. The normalized spacial score (nSPS) is 18.1. The molecule has 4 N–H and O–H groups in total. The van der Waals surface area contributed by atoms with Crippen molar-refractivity contribution in [3.63, 3.8) is 0 Å². The van der Waals surface area contributed by atoms with Crippen molar-refractivity contribution in [2.75, 3.05) is 19.6 Å². The lowest BCUT2D eigenvalue weighted by atomic mass is 9.93. The molecule has 4 nitrogen and oxygen atoms in total. The fourth-order valence-corrected chi connectivity index (χ4v) is 2.60. The van der Waals surface area contributed by atoms with Crippen LogP contribution in [0, 0.1) is 5.92 Å². The van der Waals surface area contributed by atoms with Gasteiger partial charge in [-0.1, -0.05) is 6.07 Å². The molecule has 1 fully saturated rings. The van der Waals surface area contributed by atoms with Crippen molar-refractivity contribution in [3.8, 4) is 11.5 Å². The molecule has 4 heteroatoms. The van der Waals surface area contributed by atoms with Gasteiger partial charge in [-0.15, -0.1) is 0 Å². The number of rotatable bonds is 4. The second-order valence-electron chi connectivity index (χ2n) is 5.11. The zero-order valence-corrected chi connectivity index (χ0v) is 10.7. The summed E-state index contributed by atoms with van der Waals surface area (Å²) in [5.74, 6) is 1.05. The maximum absolute atomic E-state index is 9.76. The number of phenolic OH excluding ortho intramolecular Hbond substituents is 2. The van der Waals surface area contributed by atoms with E-state index in [9.17, 15) is 10.2 Å². The molecule has 0 aliphatic carbocycles. The zero-order chi connectivity index (χ0) is 13.0. The highest BCUT2D eigenvalue weighted by atomic mass is 16.3. The van der Waals surface area contributed by atoms with Crippen molar-refractivity contribution >= 4 is 0 Å². The van der Waals surface area contributed by atoms with E-state index in [0.29, 0.717) is 0 Å². The average Bonchev–Trinajstić information content (AvgIpc) is 2.35. The van der Waals surface area contributed by atoms with E-state index in [-0.39, 0.29) is 11.5 Å². The Labute approximate surface area is 108 Å². The summed E-state index contributed by atoms with van der Waals surface area (Å²) in [5, 5.41) is 19.0. The first-order chi connectivity index (χ1) is 8.69. The first kappa shape index (κ1) is 13.2. The van der Waals surface area contributed by atoms with Crippen molar-refractivity contribution in [3.05, 3.63) is 23.8 Å². The third-order valence-electron chi connectivity index (χ3n) is 3.74. The van der Waals surface area contributed by atoms with Crippen LogP contribution in [0.5, 0.6) is 11.5 Å². The highest BCUT2D eigenvalue weighted by Gasteiger charge is 2.19. The second kappa shape index (κ2) is 6.07. The van der Waals surface area contributed by atoms with Crippen LogP contribution in [-0.2, 0) is 6.54 Å². The molecule has 0 unspecified atom stereocenters. The lowest BCUT2D eigenvalue weighted by molar-refractivity contribution is 0.172. The van der Waals surface area contributed by atoms with E-state index in [1.54, 1.807) is 12.1 Å². The third kappa shape index (κ3) is 3.37. The smallest absolute Gasteiger partial charge is 0.123 e. The van der Waals surface area contributed by atoms with E-state index in [4.69, 9.17) is 5.73 Å². The Morgan fingerprint density at radius 3 is 2.56 bits per heavy atom. The molecule has 2 rings (SSSR count). The van der Waals surface area contributed by atoms with Crippen LogP contribution in [0.4, 0.5) is 0 Å². The molecule has 1 aromatic rings. The Kier molecular flexibility index (Phi) is 4.44. The number of benzene rings is 1. The first-order valence-corrected chi connectivity index (χ1v) is 6.62. The average molecular weight is 250 g/mol. The quantitative estimate of drug-likeness (QED) is 0.760. The molecule has 0 bridgehead atoms. The molecule has 0 aromatic heterocycles. The highest BCUT2D eigenvalue weighted by molar-refractivity contribution is 5.38. The van der Waals surface area contributed by atoms with E-state index in [2.05, 4.69) is 4.90 Å². The number of nitrogens with zero attached hydrogens (tertiary/aromatic N) is 1. The molecule has 1 saturated heterocycles. The molecule has 1 aliphatic rings. The molecule has 100 valence electrons. The molecule has 0 radical (unpaired) electrons. The highest BCUT2D eigenvalue weighted by Crippen LogP contribution is 2.26. The first-order valence-electron chi connectivity index (χ1n) is 6.62. The number of nitrogens with two attached hydrogens (primary N) is 1. The fourth-order valence-electron chi connectivity index (χ4n) is 2.60. The van der Waals surface area contributed by atoms with Gasteiger partial charge in [0.2, 0.25) is 0 Å². The van der Waals surface area contributed by atoms with Gasteiger partial charge in [-0.05, 0) is 50.9 Å². The van der Waals surface area contributed by atoms with Crippen molar-refractivity contribution in [1.82, 2.24) is 4.90 Å². The van der Waals surface area contributed by atoms with Gasteiger partial charge in [0.25, 0.3) is 0 Å². The number of hydrogen-bond acceptors (Lipinski definition) is 4. The largest absolute Gasteiger partial charge is 0.508 e. The Bertz CT molecular complexity index is 387. The summed E-state index contributed by atoms with van der Waals surface area (Å²) >= 11 is 0. The molecule has 0 spiro atoms. The summed E-state index contributed by atoms with van der Waals surface area (Å²) in [6.45, 7) is 3.65. The molecule has 18 heavy (non-hydrogen) atoms. The zero-order valence-electron chi connectivity index (χ0n) is 10.7. The van der Waals surface area contributed by atoms with Crippen molar-refractivity contribution < 1.29 is 10.2 Å². The third-order valence-corrected chi connectivity index (χ3v) is 3.74. The lowest BCUT2D eigenvalue weighted by Gasteiger charge is -2.31. The molecule has 1 heterocycles. The molecule has 0 saturated carbocycles. The van der Waals surface area contributed by atoms with E-state index in [0.717, 1.165) is 44.1 Å². The Morgan fingerprint density at radius 1 is 1.22 bits per heavy atom. The monoisotopic (exact) mass is 250 g/mol. The second-order valence-corrected chi connectivity index (χ2v) is 5.11. The van der Waals surface area contributed by atoms with E-state index in [1.807, 2.05) is 0 Å². The minimum absolute atomic E-state index is 0.109. The van der Waals surface area contributed by atoms with Crippen LogP contribution < -0.4 is 5.73 Å². The van der Waals surface area contributed by atoms with Crippen molar-refractivity contribution in [2.45, 2.75) is 25.8 Å². The van der Waals surface area contributed by atoms with Crippen LogP contribution >= 0.6 is 0 Å². The summed E-state index contributed by atoms with van der Waals surface area (Å²) in [7, 11) is 0. The maximum Gasteiger partial charge on any atom is 0.123 e. The van der Waals surface area contributed by atoms with Crippen LogP contribution in [0.1, 0.15) is 24.8 Å². The predicted molar refractivity (Wildman–Crippen MR) is 71.4 cm³/mol. The minimum Gasteiger partial charge on any atom is -0.508 e. The Morgan fingerprint density at radius 2 is 1.94 bits per heavy atom. The topological polar surface area (TPSA) is 69.7 Å². The molecular weight excluding hydrogens is 228 g/mol. The van der Waals surface area contributed by atoms with Crippen molar-refractivity contribution in [1.29, 1.82) is 0 Å². The van der Waals surface area contributed by atoms with Gasteiger partial charge in [-0.2, -0.15) is 0 Å². The van der Waals surface area contributed by atoms with Crippen LogP contribution in [-0.4, -0.2) is 34.7 Å². The van der Waals surface area contributed by atoms with Crippen LogP contribution in [0.3, 0.4) is 0 Å². The standard InChI is InChI=1S/C14H22N2O2/c15-6-3-11-4-7-16(8-5-11)10-12-1-2-13(17)9-14(12)18/h1-2,9,11,17-18H,3-8,10,15H2. The minimum atomic E-state index is 0.109. The van der Waals surface area contributed by atoms with Gasteiger partial charge in [0, 0.05) is 18.2 Å². The van der Waals surface area contributed by atoms with Gasteiger partial charge >= 0.3 is 0 Å². The number of piperidine rings is 1. The fraction of sp³-hybridized carbons (Fsp3) is 0.571.